The van der Waals surface area contributed by atoms with Gasteiger partial charge in [-0.05, 0) is 53.1 Å². The molecule has 1 saturated carbocycles. The Hall–Kier alpha value is -0.780. The van der Waals surface area contributed by atoms with Crippen LogP contribution in [0, 0.1) is 9.49 Å². The van der Waals surface area contributed by atoms with Gasteiger partial charge in [0.1, 0.15) is 0 Å². The first-order valence-electron chi connectivity index (χ1n) is 5.65. The van der Waals surface area contributed by atoms with Gasteiger partial charge in [-0.3, -0.25) is 0 Å². The summed E-state index contributed by atoms with van der Waals surface area (Å²) in [4.78, 5) is 4.41. The monoisotopic (exact) mass is 327 g/mol. The molecule has 0 spiro atoms. The fourth-order valence-corrected chi connectivity index (χ4v) is 2.55. The highest BCUT2D eigenvalue weighted by Crippen LogP contribution is 2.33. The van der Waals surface area contributed by atoms with Crippen molar-refractivity contribution in [3.8, 4) is 0 Å². The van der Waals surface area contributed by atoms with Crippen LogP contribution in [0.3, 0.4) is 0 Å². The lowest BCUT2D eigenvalue weighted by Gasteiger charge is -2.05. The summed E-state index contributed by atoms with van der Waals surface area (Å²) in [6.07, 6.45) is 4.02. The molecule has 84 valence electrons. The summed E-state index contributed by atoms with van der Waals surface area (Å²) in [5.41, 5.74) is 8.14. The average Bonchev–Trinajstić information content (AvgIpc) is 3.00. The Kier molecular flexibility index (Phi) is 2.53. The molecule has 4 heteroatoms. The van der Waals surface area contributed by atoms with Crippen molar-refractivity contribution < 1.29 is 0 Å². The number of hydrogen-bond donors (Lipinski definition) is 1. The Morgan fingerprint density at radius 2 is 2.25 bits per heavy atom. The van der Waals surface area contributed by atoms with E-state index in [1.165, 1.54) is 28.3 Å². The molecule has 0 bridgehead atoms. The van der Waals surface area contributed by atoms with E-state index in [0.29, 0.717) is 5.95 Å². The smallest absolute Gasteiger partial charge is 0.201 e. The van der Waals surface area contributed by atoms with E-state index in [1.54, 1.807) is 0 Å². The van der Waals surface area contributed by atoms with Crippen molar-refractivity contribution >= 4 is 39.6 Å². The molecule has 1 fully saturated rings. The number of fused-ring (bicyclic) bond motifs is 1. The first kappa shape index (κ1) is 10.4. The van der Waals surface area contributed by atoms with E-state index in [1.807, 2.05) is 0 Å². The minimum atomic E-state index is 0.651. The number of rotatable bonds is 3. The van der Waals surface area contributed by atoms with Gasteiger partial charge in [0.25, 0.3) is 0 Å². The van der Waals surface area contributed by atoms with Gasteiger partial charge in [0.15, 0.2) is 0 Å². The second-order valence-corrected chi connectivity index (χ2v) is 5.73. The molecular formula is C12H14IN3. The van der Waals surface area contributed by atoms with Crippen LogP contribution in [0.1, 0.15) is 19.3 Å². The summed E-state index contributed by atoms with van der Waals surface area (Å²) < 4.78 is 3.35. The minimum absolute atomic E-state index is 0.651. The maximum atomic E-state index is 5.96. The molecule has 0 unspecified atom stereocenters. The third-order valence-electron chi connectivity index (χ3n) is 3.20. The minimum Gasteiger partial charge on any atom is -0.369 e. The van der Waals surface area contributed by atoms with Crippen molar-refractivity contribution in [1.82, 2.24) is 9.55 Å². The number of benzene rings is 1. The lowest BCUT2D eigenvalue weighted by Crippen LogP contribution is -2.03. The molecule has 1 aromatic heterocycles. The van der Waals surface area contributed by atoms with E-state index >= 15 is 0 Å². The summed E-state index contributed by atoms with van der Waals surface area (Å²) in [6, 6.07) is 6.31. The number of imidazole rings is 1. The highest BCUT2D eigenvalue weighted by Gasteiger charge is 2.21. The van der Waals surface area contributed by atoms with E-state index in [2.05, 4.69) is 50.3 Å². The molecule has 0 amide bonds. The highest BCUT2D eigenvalue weighted by molar-refractivity contribution is 14.1. The summed E-state index contributed by atoms with van der Waals surface area (Å²) in [7, 11) is 0. The van der Waals surface area contributed by atoms with Crippen LogP contribution < -0.4 is 5.73 Å². The van der Waals surface area contributed by atoms with Gasteiger partial charge in [-0.1, -0.05) is 12.8 Å². The van der Waals surface area contributed by atoms with E-state index in [0.717, 1.165) is 18.0 Å². The van der Waals surface area contributed by atoms with Crippen molar-refractivity contribution in [2.75, 3.05) is 5.73 Å². The van der Waals surface area contributed by atoms with Crippen molar-refractivity contribution in [3.05, 3.63) is 21.8 Å². The lowest BCUT2D eigenvalue weighted by molar-refractivity contribution is 0.614. The SMILES string of the molecule is Nc1nc2cc(I)ccc2n1CCC1CC1. The number of hydrogen-bond acceptors (Lipinski definition) is 2. The molecule has 1 aromatic carbocycles. The lowest BCUT2D eigenvalue weighted by atomic mass is 10.3. The zero-order valence-corrected chi connectivity index (χ0v) is 11.1. The Morgan fingerprint density at radius 1 is 1.44 bits per heavy atom. The van der Waals surface area contributed by atoms with E-state index in [4.69, 9.17) is 5.73 Å². The van der Waals surface area contributed by atoms with Crippen LogP contribution in [0.15, 0.2) is 18.2 Å². The molecule has 3 nitrogen and oxygen atoms in total. The zero-order valence-electron chi connectivity index (χ0n) is 8.99. The van der Waals surface area contributed by atoms with E-state index in [9.17, 15) is 0 Å². The van der Waals surface area contributed by atoms with Crippen LogP contribution in [0.4, 0.5) is 5.95 Å². The average molecular weight is 327 g/mol. The highest BCUT2D eigenvalue weighted by atomic mass is 127. The van der Waals surface area contributed by atoms with Crippen molar-refractivity contribution in [2.45, 2.75) is 25.8 Å². The van der Waals surface area contributed by atoms with Gasteiger partial charge >= 0.3 is 0 Å². The quantitative estimate of drug-likeness (QED) is 0.881. The van der Waals surface area contributed by atoms with Crippen LogP contribution in [-0.4, -0.2) is 9.55 Å². The van der Waals surface area contributed by atoms with Crippen LogP contribution in [0.2, 0.25) is 0 Å². The predicted molar refractivity (Wildman–Crippen MR) is 74.2 cm³/mol. The second-order valence-electron chi connectivity index (χ2n) is 4.49. The fourth-order valence-electron chi connectivity index (χ4n) is 2.07. The Morgan fingerprint density at radius 3 is 3.00 bits per heavy atom. The maximum absolute atomic E-state index is 5.96. The Labute approximate surface area is 108 Å². The van der Waals surface area contributed by atoms with Gasteiger partial charge in [-0.25, -0.2) is 4.98 Å². The van der Waals surface area contributed by atoms with Crippen molar-refractivity contribution in [3.63, 3.8) is 0 Å². The molecule has 0 saturated heterocycles. The molecule has 0 radical (unpaired) electrons. The first-order chi connectivity index (χ1) is 7.74. The third kappa shape index (κ3) is 1.90. The van der Waals surface area contributed by atoms with Gasteiger partial charge in [-0.2, -0.15) is 0 Å². The van der Waals surface area contributed by atoms with Gasteiger partial charge in [0.05, 0.1) is 11.0 Å². The predicted octanol–water partition coefficient (Wildman–Crippen LogP) is 3.02. The largest absolute Gasteiger partial charge is 0.369 e. The summed E-state index contributed by atoms with van der Waals surface area (Å²) in [6.45, 7) is 1.01. The summed E-state index contributed by atoms with van der Waals surface area (Å²) in [5.74, 6) is 1.58. The Balaban J connectivity index is 1.97. The number of halogens is 1. The first-order valence-corrected chi connectivity index (χ1v) is 6.73. The van der Waals surface area contributed by atoms with Crippen molar-refractivity contribution in [1.29, 1.82) is 0 Å². The Bertz CT molecular complexity index is 528. The topological polar surface area (TPSA) is 43.8 Å². The maximum Gasteiger partial charge on any atom is 0.201 e. The molecule has 16 heavy (non-hydrogen) atoms. The van der Waals surface area contributed by atoms with E-state index in [-0.39, 0.29) is 0 Å². The second kappa shape index (κ2) is 3.91. The van der Waals surface area contributed by atoms with Crippen LogP contribution in [-0.2, 0) is 6.54 Å². The molecule has 0 atom stereocenters. The molecule has 1 aliphatic rings. The molecular weight excluding hydrogens is 313 g/mol. The number of aromatic nitrogens is 2. The van der Waals surface area contributed by atoms with Crippen LogP contribution >= 0.6 is 22.6 Å². The number of nitrogens with two attached hydrogens (primary N) is 1. The van der Waals surface area contributed by atoms with Crippen LogP contribution in [0.25, 0.3) is 11.0 Å². The van der Waals surface area contributed by atoms with Gasteiger partial charge in [-0.15, -0.1) is 0 Å². The van der Waals surface area contributed by atoms with E-state index < -0.39 is 0 Å². The molecule has 1 aliphatic carbocycles. The number of anilines is 1. The van der Waals surface area contributed by atoms with Gasteiger partial charge < -0.3 is 10.3 Å². The number of nitrogens with zero attached hydrogens (tertiary/aromatic N) is 2. The molecule has 2 N–H and O–H groups in total. The standard InChI is InChI=1S/C12H14IN3/c13-9-3-4-11-10(7-9)15-12(14)16(11)6-5-8-1-2-8/h3-4,7-8H,1-2,5-6H2,(H2,14,15). The van der Waals surface area contributed by atoms with Crippen LogP contribution in [0.5, 0.6) is 0 Å². The number of nitrogen functional groups attached to an aromatic ring is 1. The summed E-state index contributed by atoms with van der Waals surface area (Å²) in [5, 5.41) is 0. The number of aryl methyl sites for hydroxylation is 1. The zero-order chi connectivity index (χ0) is 11.1. The molecule has 0 aliphatic heterocycles. The van der Waals surface area contributed by atoms with Crippen molar-refractivity contribution in [2.24, 2.45) is 5.92 Å². The summed E-state index contributed by atoms with van der Waals surface area (Å²) >= 11 is 2.30. The fraction of sp³-hybridized carbons (Fsp3) is 0.417. The third-order valence-corrected chi connectivity index (χ3v) is 3.87. The van der Waals surface area contributed by atoms with Gasteiger partial charge in [0, 0.05) is 10.1 Å². The molecule has 3 rings (SSSR count). The molecule has 1 heterocycles. The molecule has 2 aromatic rings. The van der Waals surface area contributed by atoms with Gasteiger partial charge in [0.2, 0.25) is 5.95 Å². The normalized spacial score (nSPS) is 15.8.